The van der Waals surface area contributed by atoms with Gasteiger partial charge >= 0.3 is 7.60 Å². The van der Waals surface area contributed by atoms with Crippen LogP contribution in [0.3, 0.4) is 0 Å². The summed E-state index contributed by atoms with van der Waals surface area (Å²) in [6.07, 6.45) is 5.14. The SMILES string of the molecule is Cc1c(F)c(F)c(S(=O)(=O)N(C)CC(=O)N(Cc2ccc(C3CCCCC3)cc2)c2ccc(CP(=O)(O)O)cc2)c(F)c1F. The summed E-state index contributed by atoms with van der Waals surface area (Å²) in [4.78, 5) is 31.5. The number of sulfonamides is 1. The predicted octanol–water partition coefficient (Wildman–Crippen LogP) is 6.13. The third-order valence-corrected chi connectivity index (χ3v) is 10.4. The average Bonchev–Trinajstić information content (AvgIpc) is 2.98. The van der Waals surface area contributed by atoms with Gasteiger partial charge in [-0.05, 0) is 54.5 Å². The minimum atomic E-state index is -5.22. The summed E-state index contributed by atoms with van der Waals surface area (Å²) in [6, 6.07) is 13.3. The van der Waals surface area contributed by atoms with Crippen molar-refractivity contribution in [2.24, 2.45) is 0 Å². The van der Waals surface area contributed by atoms with Crippen LogP contribution >= 0.6 is 7.60 Å². The van der Waals surface area contributed by atoms with E-state index in [2.05, 4.69) is 0 Å². The normalized spacial score (nSPS) is 14.7. The first-order chi connectivity index (χ1) is 20.6. The molecule has 8 nitrogen and oxygen atoms in total. The predicted molar refractivity (Wildman–Crippen MR) is 156 cm³/mol. The number of halogens is 4. The first kappa shape index (κ1) is 33.8. The van der Waals surface area contributed by atoms with Crippen LogP contribution in [0.4, 0.5) is 23.2 Å². The van der Waals surface area contributed by atoms with Crippen LogP contribution in [-0.2, 0) is 32.1 Å². The summed E-state index contributed by atoms with van der Waals surface area (Å²) >= 11 is 0. The molecule has 238 valence electrons. The molecule has 0 bridgehead atoms. The molecular weight excluding hydrogens is 623 g/mol. The molecule has 44 heavy (non-hydrogen) atoms. The molecule has 1 saturated carbocycles. The Kier molecular flexibility index (Phi) is 10.4. The van der Waals surface area contributed by atoms with Crippen LogP contribution in [0.15, 0.2) is 53.4 Å². The molecule has 0 unspecified atom stereocenters. The molecule has 3 aromatic rings. The van der Waals surface area contributed by atoms with Crippen LogP contribution in [0.25, 0.3) is 0 Å². The molecule has 3 aromatic carbocycles. The topological polar surface area (TPSA) is 115 Å². The van der Waals surface area contributed by atoms with Crippen molar-refractivity contribution in [3.05, 3.63) is 94.1 Å². The van der Waals surface area contributed by atoms with Crippen molar-refractivity contribution in [3.63, 3.8) is 0 Å². The van der Waals surface area contributed by atoms with Crippen LogP contribution in [0.1, 0.15) is 60.3 Å². The van der Waals surface area contributed by atoms with Gasteiger partial charge in [0.25, 0.3) is 0 Å². The van der Waals surface area contributed by atoms with Gasteiger partial charge in [0, 0.05) is 18.3 Å². The Hall–Kier alpha value is -3.09. The Bertz CT molecular complexity index is 1650. The first-order valence-corrected chi connectivity index (χ1v) is 17.2. The number of amides is 1. The lowest BCUT2D eigenvalue weighted by Crippen LogP contribution is -2.41. The number of benzene rings is 3. The Morgan fingerprint density at radius 1 is 0.864 bits per heavy atom. The van der Waals surface area contributed by atoms with Crippen molar-refractivity contribution < 1.29 is 45.1 Å². The Morgan fingerprint density at radius 2 is 1.39 bits per heavy atom. The van der Waals surface area contributed by atoms with Gasteiger partial charge in [-0.2, -0.15) is 4.31 Å². The van der Waals surface area contributed by atoms with E-state index in [-0.39, 0.29) is 12.2 Å². The summed E-state index contributed by atoms with van der Waals surface area (Å²) in [5.41, 5.74) is 1.36. The molecule has 2 N–H and O–H groups in total. The van der Waals surface area contributed by atoms with Crippen molar-refractivity contribution in [1.82, 2.24) is 4.31 Å². The van der Waals surface area contributed by atoms with Gasteiger partial charge in [0.05, 0.1) is 19.3 Å². The largest absolute Gasteiger partial charge is 0.329 e. The Morgan fingerprint density at radius 3 is 1.91 bits per heavy atom. The van der Waals surface area contributed by atoms with Crippen LogP contribution in [0.2, 0.25) is 0 Å². The molecule has 4 rings (SSSR count). The second kappa shape index (κ2) is 13.5. The second-order valence-corrected chi connectivity index (χ2v) is 14.6. The van der Waals surface area contributed by atoms with E-state index < -0.39 is 70.0 Å². The molecular formula is C30H33F4N2O6PS. The third-order valence-electron chi connectivity index (χ3n) is 7.80. The molecule has 1 amide bonds. The summed E-state index contributed by atoms with van der Waals surface area (Å²) in [5, 5.41) is 0. The number of hydrogen-bond acceptors (Lipinski definition) is 4. The molecule has 1 aliphatic carbocycles. The summed E-state index contributed by atoms with van der Waals surface area (Å²) in [6.45, 7) is -0.250. The second-order valence-electron chi connectivity index (χ2n) is 11.0. The molecule has 0 aliphatic heterocycles. The maximum Gasteiger partial charge on any atom is 0.329 e. The highest BCUT2D eigenvalue weighted by Crippen LogP contribution is 2.39. The van der Waals surface area contributed by atoms with Gasteiger partial charge in [0.1, 0.15) is 0 Å². The van der Waals surface area contributed by atoms with Crippen LogP contribution in [-0.4, -0.2) is 42.0 Å². The first-order valence-electron chi connectivity index (χ1n) is 13.9. The van der Waals surface area contributed by atoms with Crippen LogP contribution in [0.5, 0.6) is 0 Å². The summed E-state index contributed by atoms with van der Waals surface area (Å²) in [5.74, 6) is -8.34. The van der Waals surface area contributed by atoms with Crippen molar-refractivity contribution in [1.29, 1.82) is 0 Å². The van der Waals surface area contributed by atoms with Crippen molar-refractivity contribution in [3.8, 4) is 0 Å². The van der Waals surface area contributed by atoms with Crippen LogP contribution < -0.4 is 4.90 Å². The van der Waals surface area contributed by atoms with E-state index in [1.807, 2.05) is 24.3 Å². The quantitative estimate of drug-likeness (QED) is 0.154. The maximum atomic E-state index is 14.6. The van der Waals surface area contributed by atoms with E-state index in [4.69, 9.17) is 0 Å². The minimum absolute atomic E-state index is 0.0496. The van der Waals surface area contributed by atoms with E-state index in [0.29, 0.717) is 21.4 Å². The van der Waals surface area contributed by atoms with Crippen molar-refractivity contribution in [2.45, 2.75) is 62.5 Å². The van der Waals surface area contributed by atoms with Crippen molar-refractivity contribution in [2.75, 3.05) is 18.5 Å². The molecule has 0 aromatic heterocycles. The van der Waals surface area contributed by atoms with E-state index >= 15 is 0 Å². The molecule has 0 heterocycles. The number of carbonyl (C=O) groups excluding carboxylic acids is 1. The van der Waals surface area contributed by atoms with Crippen molar-refractivity contribution >= 4 is 29.2 Å². The molecule has 0 atom stereocenters. The summed E-state index contributed by atoms with van der Waals surface area (Å²) in [7, 11) is -8.74. The standard InChI is InChI=1S/C30H33F4N2O6PS/c1-19-26(31)28(33)30(29(34)27(19)32)44(41,42)35(2)17-25(37)36(24-14-10-21(11-15-24)18-43(38,39)40)16-20-8-12-23(13-9-20)22-6-4-3-5-7-22/h8-15,22H,3-7,16-18H2,1-2H3,(H2,38,39,40). The molecule has 0 saturated heterocycles. The lowest BCUT2D eigenvalue weighted by atomic mass is 9.84. The lowest BCUT2D eigenvalue weighted by molar-refractivity contribution is -0.118. The van der Waals surface area contributed by atoms with E-state index in [0.717, 1.165) is 39.7 Å². The molecule has 0 spiro atoms. The maximum absolute atomic E-state index is 14.6. The smallest absolute Gasteiger partial charge is 0.324 e. The fraction of sp³-hybridized carbons (Fsp3) is 0.367. The van der Waals surface area contributed by atoms with E-state index in [9.17, 15) is 45.1 Å². The monoisotopic (exact) mass is 656 g/mol. The van der Waals surface area contributed by atoms with E-state index in [1.54, 1.807) is 0 Å². The number of rotatable bonds is 10. The number of carbonyl (C=O) groups is 1. The van der Waals surface area contributed by atoms with Crippen LogP contribution in [0, 0.1) is 30.2 Å². The summed E-state index contributed by atoms with van der Waals surface area (Å²) < 4.78 is 95.4. The third kappa shape index (κ3) is 7.58. The van der Waals surface area contributed by atoms with Gasteiger partial charge in [-0.15, -0.1) is 0 Å². The number of likely N-dealkylation sites (N-methyl/N-ethyl adjacent to an activating group) is 1. The molecule has 14 heteroatoms. The Balaban J connectivity index is 1.63. The highest BCUT2D eigenvalue weighted by molar-refractivity contribution is 7.89. The molecule has 0 radical (unpaired) electrons. The number of nitrogens with zero attached hydrogens (tertiary/aromatic N) is 2. The number of hydrogen-bond donors (Lipinski definition) is 2. The lowest BCUT2D eigenvalue weighted by Gasteiger charge is -2.27. The zero-order chi connectivity index (χ0) is 32.4. The highest BCUT2D eigenvalue weighted by atomic mass is 32.2. The van der Waals surface area contributed by atoms with E-state index in [1.165, 1.54) is 41.1 Å². The zero-order valence-corrected chi connectivity index (χ0v) is 25.9. The minimum Gasteiger partial charge on any atom is -0.324 e. The fourth-order valence-corrected chi connectivity index (χ4v) is 7.23. The van der Waals surface area contributed by atoms with Gasteiger partial charge in [0.15, 0.2) is 28.2 Å². The Labute approximate surface area is 253 Å². The highest BCUT2D eigenvalue weighted by Gasteiger charge is 2.36. The molecule has 1 fully saturated rings. The average molecular weight is 657 g/mol. The van der Waals surface area contributed by atoms with Gasteiger partial charge in [-0.3, -0.25) is 9.36 Å². The zero-order valence-electron chi connectivity index (χ0n) is 24.1. The van der Waals surface area contributed by atoms with Gasteiger partial charge in [-0.1, -0.05) is 55.7 Å². The fourth-order valence-electron chi connectivity index (χ4n) is 5.32. The van der Waals surface area contributed by atoms with Gasteiger partial charge in [0.2, 0.25) is 15.9 Å². The molecule has 1 aliphatic rings. The van der Waals surface area contributed by atoms with Gasteiger partial charge < -0.3 is 14.7 Å². The van der Waals surface area contributed by atoms with Gasteiger partial charge in [-0.25, -0.2) is 26.0 Å². The number of anilines is 1.